The highest BCUT2D eigenvalue weighted by Crippen LogP contribution is 2.32. The molecule has 0 aliphatic carbocycles. The van der Waals surface area contributed by atoms with Crippen molar-refractivity contribution in [3.8, 4) is 17.2 Å². The molecular formula is C22H17F3N2O2. The van der Waals surface area contributed by atoms with Crippen molar-refractivity contribution in [3.05, 3.63) is 84.3 Å². The molecule has 7 heteroatoms. The van der Waals surface area contributed by atoms with Crippen LogP contribution in [0.3, 0.4) is 0 Å². The summed E-state index contributed by atoms with van der Waals surface area (Å²) in [5.74, 6) is 0.838. The normalized spacial score (nSPS) is 11.7. The van der Waals surface area contributed by atoms with Crippen molar-refractivity contribution >= 4 is 10.9 Å². The highest BCUT2D eigenvalue weighted by Gasteiger charge is 2.30. The predicted octanol–water partition coefficient (Wildman–Crippen LogP) is 5.37. The Kier molecular flexibility index (Phi) is 4.98. The Morgan fingerprint density at radius 2 is 1.59 bits per heavy atom. The van der Waals surface area contributed by atoms with Crippen LogP contribution >= 0.6 is 0 Å². The maximum Gasteiger partial charge on any atom is 0.416 e. The first-order valence-corrected chi connectivity index (χ1v) is 8.96. The van der Waals surface area contributed by atoms with Gasteiger partial charge in [0.1, 0.15) is 11.5 Å². The van der Waals surface area contributed by atoms with Crippen molar-refractivity contribution in [1.29, 1.82) is 0 Å². The number of hydrogen-bond acceptors (Lipinski definition) is 3. The second-order valence-electron chi connectivity index (χ2n) is 6.51. The van der Waals surface area contributed by atoms with Gasteiger partial charge in [0.25, 0.3) is 0 Å². The molecule has 0 unspecified atom stereocenters. The van der Waals surface area contributed by atoms with E-state index in [1.807, 2.05) is 29.0 Å². The lowest BCUT2D eigenvalue weighted by Crippen LogP contribution is -2.03. The number of hydrogen-bond donors (Lipinski definition) is 1. The molecule has 2 aromatic carbocycles. The topological polar surface area (TPSA) is 47.3 Å². The van der Waals surface area contributed by atoms with Gasteiger partial charge in [-0.15, -0.1) is 0 Å². The summed E-state index contributed by atoms with van der Waals surface area (Å²) in [5.41, 5.74) is 2.11. The molecule has 0 saturated heterocycles. The van der Waals surface area contributed by atoms with Gasteiger partial charge < -0.3 is 14.4 Å². The molecule has 29 heavy (non-hydrogen) atoms. The van der Waals surface area contributed by atoms with Crippen LogP contribution in [0.15, 0.2) is 73.2 Å². The SMILES string of the molecule is OCCc1cn(-c2ccc(Oc3ccc(C(F)(F)F)cc3)cc2)c2cnccc12. The van der Waals surface area contributed by atoms with E-state index in [9.17, 15) is 18.3 Å². The van der Waals surface area contributed by atoms with E-state index in [0.717, 1.165) is 34.3 Å². The Balaban J connectivity index is 1.58. The van der Waals surface area contributed by atoms with Gasteiger partial charge in [0.15, 0.2) is 0 Å². The number of aromatic nitrogens is 2. The molecule has 0 radical (unpaired) electrons. The summed E-state index contributed by atoms with van der Waals surface area (Å²) < 4.78 is 45.6. The number of halogens is 3. The standard InChI is InChI=1S/C22H17F3N2O2/c23-22(24,25)16-1-5-18(6-2-16)29-19-7-3-17(4-8-19)27-14-15(10-12-28)20-9-11-26-13-21(20)27/h1-9,11,13-14,28H,10,12H2. The van der Waals surface area contributed by atoms with Crippen molar-refractivity contribution in [3.63, 3.8) is 0 Å². The van der Waals surface area contributed by atoms with E-state index in [-0.39, 0.29) is 6.61 Å². The summed E-state index contributed by atoms with van der Waals surface area (Å²) in [7, 11) is 0. The first-order valence-electron chi connectivity index (χ1n) is 8.96. The number of rotatable bonds is 5. The first-order chi connectivity index (χ1) is 14.0. The monoisotopic (exact) mass is 398 g/mol. The number of fused-ring (bicyclic) bond motifs is 1. The minimum atomic E-state index is -4.37. The molecule has 148 valence electrons. The minimum Gasteiger partial charge on any atom is -0.457 e. The fourth-order valence-electron chi connectivity index (χ4n) is 3.20. The third-order valence-corrected chi connectivity index (χ3v) is 4.60. The smallest absolute Gasteiger partial charge is 0.416 e. The minimum absolute atomic E-state index is 0.0569. The summed E-state index contributed by atoms with van der Waals surface area (Å²) in [6, 6.07) is 13.7. The van der Waals surface area contributed by atoms with Crippen LogP contribution in [0.1, 0.15) is 11.1 Å². The number of aliphatic hydroxyl groups excluding tert-OH is 1. The quantitative estimate of drug-likeness (QED) is 0.492. The molecule has 0 amide bonds. The lowest BCUT2D eigenvalue weighted by molar-refractivity contribution is -0.137. The molecular weight excluding hydrogens is 381 g/mol. The molecule has 4 nitrogen and oxygen atoms in total. The zero-order valence-electron chi connectivity index (χ0n) is 15.2. The number of ether oxygens (including phenoxy) is 1. The molecule has 0 bridgehead atoms. The summed E-state index contributed by atoms with van der Waals surface area (Å²) >= 11 is 0. The highest BCUT2D eigenvalue weighted by atomic mass is 19.4. The molecule has 2 heterocycles. The summed E-state index contributed by atoms with van der Waals surface area (Å²) in [6.07, 6.45) is 1.62. The molecule has 1 N–H and O–H groups in total. The van der Waals surface area contributed by atoms with Crippen molar-refractivity contribution in [1.82, 2.24) is 9.55 Å². The van der Waals surface area contributed by atoms with Gasteiger partial charge in [-0.3, -0.25) is 4.98 Å². The van der Waals surface area contributed by atoms with Crippen LogP contribution in [-0.2, 0) is 12.6 Å². The van der Waals surface area contributed by atoms with Crippen molar-refractivity contribution in [2.24, 2.45) is 0 Å². The van der Waals surface area contributed by atoms with Gasteiger partial charge in [-0.05, 0) is 66.6 Å². The van der Waals surface area contributed by atoms with Gasteiger partial charge in [-0.25, -0.2) is 0 Å². The van der Waals surface area contributed by atoms with E-state index in [4.69, 9.17) is 4.74 Å². The Hall–Kier alpha value is -3.32. The van der Waals surface area contributed by atoms with Crippen LogP contribution in [-0.4, -0.2) is 21.3 Å². The van der Waals surface area contributed by atoms with Crippen LogP contribution in [0.2, 0.25) is 0 Å². The Bertz CT molecular complexity index is 1120. The fraction of sp³-hybridized carbons (Fsp3) is 0.136. The lowest BCUT2D eigenvalue weighted by atomic mass is 10.1. The lowest BCUT2D eigenvalue weighted by Gasteiger charge is -2.10. The summed E-state index contributed by atoms with van der Waals surface area (Å²) in [5, 5.41) is 10.3. The van der Waals surface area contributed by atoms with E-state index in [2.05, 4.69) is 4.98 Å². The Labute approximate surface area is 164 Å². The van der Waals surface area contributed by atoms with E-state index < -0.39 is 11.7 Å². The van der Waals surface area contributed by atoms with Gasteiger partial charge in [0, 0.05) is 30.1 Å². The number of benzene rings is 2. The zero-order valence-corrected chi connectivity index (χ0v) is 15.2. The van der Waals surface area contributed by atoms with Crippen LogP contribution in [0.25, 0.3) is 16.6 Å². The molecule has 0 atom stereocenters. The number of pyridine rings is 1. The van der Waals surface area contributed by atoms with Crippen LogP contribution in [0.5, 0.6) is 11.5 Å². The van der Waals surface area contributed by atoms with E-state index in [1.54, 1.807) is 24.5 Å². The van der Waals surface area contributed by atoms with Gasteiger partial charge in [0.05, 0.1) is 17.3 Å². The molecule has 4 aromatic rings. The predicted molar refractivity (Wildman–Crippen MR) is 103 cm³/mol. The largest absolute Gasteiger partial charge is 0.457 e. The second kappa shape index (κ2) is 7.60. The van der Waals surface area contributed by atoms with Crippen molar-refractivity contribution in [2.45, 2.75) is 12.6 Å². The average Bonchev–Trinajstić information content (AvgIpc) is 3.07. The zero-order chi connectivity index (χ0) is 20.4. The van der Waals surface area contributed by atoms with E-state index >= 15 is 0 Å². The summed E-state index contributed by atoms with van der Waals surface area (Å²) in [6.45, 7) is 0.0569. The first kappa shape index (κ1) is 19.0. The van der Waals surface area contributed by atoms with Gasteiger partial charge >= 0.3 is 6.18 Å². The Morgan fingerprint density at radius 1 is 0.931 bits per heavy atom. The molecule has 2 aromatic heterocycles. The number of alkyl halides is 3. The summed E-state index contributed by atoms with van der Waals surface area (Å²) in [4.78, 5) is 4.18. The van der Waals surface area contributed by atoms with Crippen molar-refractivity contribution < 1.29 is 23.0 Å². The van der Waals surface area contributed by atoms with E-state index in [0.29, 0.717) is 17.9 Å². The van der Waals surface area contributed by atoms with Crippen LogP contribution in [0.4, 0.5) is 13.2 Å². The molecule has 0 fully saturated rings. The molecule has 0 aliphatic heterocycles. The maximum absolute atomic E-state index is 12.7. The fourth-order valence-corrected chi connectivity index (χ4v) is 3.20. The number of nitrogens with zero attached hydrogens (tertiary/aromatic N) is 2. The van der Waals surface area contributed by atoms with Crippen LogP contribution in [0, 0.1) is 0 Å². The van der Waals surface area contributed by atoms with Gasteiger partial charge in [-0.2, -0.15) is 13.2 Å². The maximum atomic E-state index is 12.7. The molecule has 0 saturated carbocycles. The van der Waals surface area contributed by atoms with Gasteiger partial charge in [0.2, 0.25) is 0 Å². The third kappa shape index (κ3) is 3.95. The van der Waals surface area contributed by atoms with Gasteiger partial charge in [-0.1, -0.05) is 0 Å². The highest BCUT2D eigenvalue weighted by molar-refractivity contribution is 5.84. The second-order valence-corrected chi connectivity index (χ2v) is 6.51. The molecule has 0 spiro atoms. The van der Waals surface area contributed by atoms with E-state index in [1.165, 1.54) is 12.1 Å². The Morgan fingerprint density at radius 3 is 2.21 bits per heavy atom. The number of aliphatic hydroxyl groups is 1. The molecule has 4 rings (SSSR count). The molecule has 0 aliphatic rings. The average molecular weight is 398 g/mol. The van der Waals surface area contributed by atoms with Crippen molar-refractivity contribution in [2.75, 3.05) is 6.61 Å². The third-order valence-electron chi connectivity index (χ3n) is 4.60. The van der Waals surface area contributed by atoms with Crippen LogP contribution < -0.4 is 4.74 Å².